The predicted molar refractivity (Wildman–Crippen MR) is 135 cm³/mol. The lowest BCUT2D eigenvalue weighted by Crippen LogP contribution is -2.44. The first-order valence-corrected chi connectivity index (χ1v) is 12.0. The number of amidine groups is 1. The number of amides is 1. The van der Waals surface area contributed by atoms with Crippen LogP contribution in [0.3, 0.4) is 0 Å². The minimum absolute atomic E-state index is 0.0127. The topological polar surface area (TPSA) is 99.7 Å². The van der Waals surface area contributed by atoms with Crippen LogP contribution in [0.5, 0.6) is 0 Å². The highest BCUT2D eigenvalue weighted by Crippen LogP contribution is 2.30. The number of likely N-dealkylation sites (N-methyl/N-ethyl adjacent to an activating group) is 1. The molecule has 3 rings (SSSR count). The average Bonchev–Trinajstić information content (AvgIpc) is 2.74. The van der Waals surface area contributed by atoms with E-state index in [2.05, 4.69) is 38.7 Å². The zero-order valence-corrected chi connectivity index (χ0v) is 20.3. The minimum atomic E-state index is -0.0127. The van der Waals surface area contributed by atoms with E-state index in [0.29, 0.717) is 22.6 Å². The molecule has 3 N–H and O–H groups in total. The molecule has 0 spiro atoms. The van der Waals surface area contributed by atoms with Crippen molar-refractivity contribution in [2.24, 2.45) is 10.7 Å². The monoisotopic (exact) mass is 471 g/mol. The number of thioether (sulfide) groups is 1. The minimum Gasteiger partial charge on any atom is -0.378 e. The summed E-state index contributed by atoms with van der Waals surface area (Å²) in [5.74, 6) is 1.35. The zero-order chi connectivity index (χ0) is 23.1. The van der Waals surface area contributed by atoms with Gasteiger partial charge in [-0.3, -0.25) is 4.79 Å². The molecule has 1 aliphatic heterocycles. The molecular weight excluding hydrogens is 442 g/mol. The maximum absolute atomic E-state index is 11.6. The number of nitrogens with zero attached hydrogens (tertiary/aromatic N) is 5. The molecule has 8 nitrogen and oxygen atoms in total. The molecule has 0 atom stereocenters. The van der Waals surface area contributed by atoms with Crippen LogP contribution in [-0.2, 0) is 4.79 Å². The standard InChI is InChI=1S/C22H29N7OS2/c1-5-20(30)24-16-6-8-17(9-7-16)32-22-26-18(25-21(23)31-15(2)3)14-19(27-22)29-12-10-28(4)11-13-29/h6-9,14H,2,5,10-13H2,1,3-4H3,(H,24,30)(H2,23,25,26,27). The number of anilines is 2. The van der Waals surface area contributed by atoms with Crippen LogP contribution >= 0.6 is 23.5 Å². The second-order valence-corrected chi connectivity index (χ2v) is 9.80. The van der Waals surface area contributed by atoms with E-state index in [4.69, 9.17) is 10.7 Å². The SMILES string of the molecule is C=C(C)S/C(N)=N/c1cc(N2CCN(C)CC2)nc(Sc2ccc(NC(=O)CC)cc2)n1. The highest BCUT2D eigenvalue weighted by atomic mass is 32.2. The van der Waals surface area contributed by atoms with Crippen molar-refractivity contribution in [2.75, 3.05) is 43.4 Å². The Morgan fingerprint density at radius 3 is 2.53 bits per heavy atom. The molecule has 1 aromatic carbocycles. The Balaban J connectivity index is 1.84. The van der Waals surface area contributed by atoms with E-state index in [-0.39, 0.29) is 5.91 Å². The van der Waals surface area contributed by atoms with Crippen molar-refractivity contribution in [3.63, 3.8) is 0 Å². The summed E-state index contributed by atoms with van der Waals surface area (Å²) in [6.45, 7) is 11.3. The summed E-state index contributed by atoms with van der Waals surface area (Å²) in [6.07, 6.45) is 0.444. The van der Waals surface area contributed by atoms with Crippen LogP contribution in [0.1, 0.15) is 20.3 Å². The van der Waals surface area contributed by atoms with Gasteiger partial charge in [-0.2, -0.15) is 0 Å². The number of hydrogen-bond donors (Lipinski definition) is 2. The van der Waals surface area contributed by atoms with Crippen LogP contribution < -0.4 is 16.0 Å². The molecule has 1 aliphatic rings. The van der Waals surface area contributed by atoms with Gasteiger partial charge in [-0.15, -0.1) is 0 Å². The average molecular weight is 472 g/mol. The number of nitrogens with one attached hydrogen (secondary N) is 1. The molecule has 1 saturated heterocycles. The molecule has 0 unspecified atom stereocenters. The normalized spacial score (nSPS) is 15.0. The highest BCUT2D eigenvalue weighted by molar-refractivity contribution is 8.17. The summed E-state index contributed by atoms with van der Waals surface area (Å²) < 4.78 is 0. The van der Waals surface area contributed by atoms with Crippen molar-refractivity contribution in [1.29, 1.82) is 0 Å². The summed E-state index contributed by atoms with van der Waals surface area (Å²) >= 11 is 2.77. The smallest absolute Gasteiger partial charge is 0.224 e. The lowest BCUT2D eigenvalue weighted by molar-refractivity contribution is -0.115. The number of hydrogen-bond acceptors (Lipinski definition) is 8. The first-order chi connectivity index (χ1) is 15.3. The van der Waals surface area contributed by atoms with E-state index in [1.165, 1.54) is 23.5 Å². The van der Waals surface area contributed by atoms with Gasteiger partial charge in [0.15, 0.2) is 16.1 Å². The van der Waals surface area contributed by atoms with Gasteiger partial charge >= 0.3 is 0 Å². The van der Waals surface area contributed by atoms with Gasteiger partial charge in [0.2, 0.25) is 5.91 Å². The fourth-order valence-electron chi connectivity index (χ4n) is 2.98. The molecule has 1 aromatic heterocycles. The first-order valence-electron chi connectivity index (χ1n) is 10.4. The number of carbonyl (C=O) groups is 1. The summed E-state index contributed by atoms with van der Waals surface area (Å²) in [6, 6.07) is 9.51. The number of aromatic nitrogens is 2. The molecule has 0 saturated carbocycles. The van der Waals surface area contributed by atoms with E-state index in [0.717, 1.165) is 47.5 Å². The van der Waals surface area contributed by atoms with Crippen LogP contribution in [-0.4, -0.2) is 59.2 Å². The molecular formula is C22H29N7OS2. The number of piperazine rings is 1. The number of allylic oxidation sites excluding steroid dienone is 1. The number of nitrogens with two attached hydrogens (primary N) is 1. The molecule has 2 aromatic rings. The third-order valence-corrected chi connectivity index (χ3v) is 6.20. The van der Waals surface area contributed by atoms with Gasteiger partial charge in [-0.25, -0.2) is 15.0 Å². The third-order valence-electron chi connectivity index (χ3n) is 4.68. The van der Waals surface area contributed by atoms with E-state index < -0.39 is 0 Å². The molecule has 170 valence electrons. The Kier molecular flexibility index (Phi) is 8.54. The first kappa shape index (κ1) is 24.1. The van der Waals surface area contributed by atoms with E-state index in [1.807, 2.05) is 44.2 Å². The van der Waals surface area contributed by atoms with Crippen LogP contribution in [0.4, 0.5) is 17.3 Å². The Bertz CT molecular complexity index is 986. The van der Waals surface area contributed by atoms with Gasteiger partial charge in [0.05, 0.1) is 0 Å². The van der Waals surface area contributed by atoms with Crippen molar-refractivity contribution in [1.82, 2.24) is 14.9 Å². The lowest BCUT2D eigenvalue weighted by Gasteiger charge is -2.33. The molecule has 0 aliphatic carbocycles. The second-order valence-electron chi connectivity index (χ2n) is 7.44. The Labute approximate surface area is 197 Å². The Morgan fingerprint density at radius 1 is 1.22 bits per heavy atom. The van der Waals surface area contributed by atoms with Crippen molar-refractivity contribution in [3.05, 3.63) is 41.8 Å². The molecule has 1 amide bonds. The number of aliphatic imine (C=N–C) groups is 1. The van der Waals surface area contributed by atoms with Crippen LogP contribution in [0.25, 0.3) is 0 Å². The fourth-order valence-corrected chi connectivity index (χ4v) is 4.23. The zero-order valence-electron chi connectivity index (χ0n) is 18.7. The molecule has 1 fully saturated rings. The van der Waals surface area contributed by atoms with Gasteiger partial charge < -0.3 is 20.9 Å². The van der Waals surface area contributed by atoms with E-state index in [9.17, 15) is 4.79 Å². The fraction of sp³-hybridized carbons (Fsp3) is 0.364. The molecule has 2 heterocycles. The number of benzene rings is 1. The van der Waals surface area contributed by atoms with Crippen molar-refractivity contribution >= 4 is 51.9 Å². The molecule has 0 bridgehead atoms. The maximum Gasteiger partial charge on any atom is 0.224 e. The van der Waals surface area contributed by atoms with Crippen LogP contribution in [0, 0.1) is 0 Å². The Hall–Kier alpha value is -2.56. The van der Waals surface area contributed by atoms with Crippen LogP contribution in [0.2, 0.25) is 0 Å². The summed E-state index contributed by atoms with van der Waals surface area (Å²) in [7, 11) is 2.12. The van der Waals surface area contributed by atoms with E-state index in [1.54, 1.807) is 0 Å². The van der Waals surface area contributed by atoms with Gasteiger partial charge in [0.25, 0.3) is 0 Å². The largest absolute Gasteiger partial charge is 0.378 e. The maximum atomic E-state index is 11.6. The number of rotatable bonds is 7. The van der Waals surface area contributed by atoms with Crippen molar-refractivity contribution in [3.8, 4) is 0 Å². The second kappa shape index (κ2) is 11.3. The van der Waals surface area contributed by atoms with Crippen LogP contribution in [0.15, 0.2) is 56.9 Å². The summed E-state index contributed by atoms with van der Waals surface area (Å²) in [4.78, 5) is 31.8. The lowest BCUT2D eigenvalue weighted by atomic mass is 10.3. The van der Waals surface area contributed by atoms with E-state index >= 15 is 0 Å². The van der Waals surface area contributed by atoms with Gasteiger partial charge in [0.1, 0.15) is 5.82 Å². The quantitative estimate of drug-likeness (QED) is 0.356. The summed E-state index contributed by atoms with van der Waals surface area (Å²) in [5.41, 5.74) is 6.82. The van der Waals surface area contributed by atoms with Crippen molar-refractivity contribution in [2.45, 2.75) is 30.3 Å². The highest BCUT2D eigenvalue weighted by Gasteiger charge is 2.18. The number of carbonyl (C=O) groups excluding carboxylic acids is 1. The Morgan fingerprint density at radius 2 is 1.91 bits per heavy atom. The molecule has 10 heteroatoms. The predicted octanol–water partition coefficient (Wildman–Crippen LogP) is 3.94. The van der Waals surface area contributed by atoms with Gasteiger partial charge in [0, 0.05) is 49.2 Å². The molecule has 32 heavy (non-hydrogen) atoms. The van der Waals surface area contributed by atoms with Gasteiger partial charge in [-0.1, -0.05) is 25.3 Å². The van der Waals surface area contributed by atoms with Crippen molar-refractivity contribution < 1.29 is 4.79 Å². The summed E-state index contributed by atoms with van der Waals surface area (Å²) in [5, 5.41) is 3.85. The molecule has 0 radical (unpaired) electrons. The van der Waals surface area contributed by atoms with Gasteiger partial charge in [-0.05, 0) is 54.9 Å². The third kappa shape index (κ3) is 7.25.